The normalized spacial score (nSPS) is 13.8. The first-order valence-corrected chi connectivity index (χ1v) is 9.22. The molecule has 2 aromatic heterocycles. The Balaban J connectivity index is 1.47. The zero-order valence-corrected chi connectivity index (χ0v) is 15.4. The molecule has 0 fully saturated rings. The van der Waals surface area contributed by atoms with Crippen molar-refractivity contribution in [2.24, 2.45) is 0 Å². The van der Waals surface area contributed by atoms with E-state index in [9.17, 15) is 13.2 Å². The number of fused-ring (bicyclic) bond motifs is 3. The molecule has 1 aliphatic carbocycles. The number of hydrogen-bond donors (Lipinski definition) is 1. The van der Waals surface area contributed by atoms with Gasteiger partial charge in [-0.05, 0) is 73.7 Å². The minimum absolute atomic E-state index is 0.246. The van der Waals surface area contributed by atoms with Crippen molar-refractivity contribution in [1.82, 2.24) is 15.1 Å². The molecule has 2 aromatic carbocycles. The van der Waals surface area contributed by atoms with E-state index in [1.165, 1.54) is 34.8 Å². The van der Waals surface area contributed by atoms with Crippen LogP contribution >= 0.6 is 0 Å². The molecule has 1 aliphatic rings. The molecule has 0 spiro atoms. The number of aromatic amines is 1. The molecule has 0 unspecified atom stereocenters. The summed E-state index contributed by atoms with van der Waals surface area (Å²) in [6.45, 7) is 1.66. The van der Waals surface area contributed by atoms with Crippen molar-refractivity contribution >= 4 is 10.9 Å². The van der Waals surface area contributed by atoms with E-state index in [1.54, 1.807) is 6.92 Å². The zero-order valence-electron chi connectivity index (χ0n) is 15.4. The van der Waals surface area contributed by atoms with Gasteiger partial charge in [-0.2, -0.15) is 4.98 Å². The highest BCUT2D eigenvalue weighted by molar-refractivity contribution is 5.89. The number of nitrogens with one attached hydrogen (secondary N) is 1. The molecule has 0 saturated heterocycles. The van der Waals surface area contributed by atoms with Crippen LogP contribution in [0.5, 0.6) is 5.75 Å². The van der Waals surface area contributed by atoms with Crippen LogP contribution in [0.25, 0.3) is 33.7 Å². The molecule has 148 valence electrons. The molecule has 8 heteroatoms. The van der Waals surface area contributed by atoms with Crippen LogP contribution in [0.3, 0.4) is 0 Å². The van der Waals surface area contributed by atoms with Gasteiger partial charge in [0.1, 0.15) is 5.75 Å². The number of ether oxygens (including phenoxy) is 1. The number of aryl methyl sites for hydroxylation is 3. The molecular formula is C21H16F3N3O2. The van der Waals surface area contributed by atoms with E-state index < -0.39 is 6.36 Å². The lowest BCUT2D eigenvalue weighted by molar-refractivity contribution is -0.274. The fourth-order valence-corrected chi connectivity index (χ4v) is 3.91. The van der Waals surface area contributed by atoms with Crippen LogP contribution in [0.15, 0.2) is 40.9 Å². The molecule has 0 atom stereocenters. The van der Waals surface area contributed by atoms with Crippen molar-refractivity contribution in [2.45, 2.75) is 32.5 Å². The standard InChI is InChI=1S/C21H16F3N3O2/c1-11-9-13(28-21(22,23)24)6-7-14(11)20-26-19(27-29-20)12-5-8-18-16(10-12)15-3-2-4-17(15)25-18/h5-10,25H,2-4H2,1H3. The first-order chi connectivity index (χ1) is 13.9. The summed E-state index contributed by atoms with van der Waals surface area (Å²) in [5.74, 6) is 0.394. The van der Waals surface area contributed by atoms with E-state index in [0.717, 1.165) is 30.3 Å². The average molecular weight is 399 g/mol. The number of aromatic nitrogens is 3. The summed E-state index contributed by atoms with van der Waals surface area (Å²) < 4.78 is 46.5. The van der Waals surface area contributed by atoms with Crippen molar-refractivity contribution in [3.05, 3.63) is 53.2 Å². The number of nitrogens with zero attached hydrogens (tertiary/aromatic N) is 2. The van der Waals surface area contributed by atoms with E-state index in [0.29, 0.717) is 17.0 Å². The lowest BCUT2D eigenvalue weighted by Crippen LogP contribution is -2.17. The highest BCUT2D eigenvalue weighted by Gasteiger charge is 2.31. The van der Waals surface area contributed by atoms with Crippen molar-refractivity contribution in [3.63, 3.8) is 0 Å². The van der Waals surface area contributed by atoms with Gasteiger partial charge in [-0.3, -0.25) is 0 Å². The Morgan fingerprint density at radius 1 is 1.10 bits per heavy atom. The van der Waals surface area contributed by atoms with E-state index >= 15 is 0 Å². The minimum Gasteiger partial charge on any atom is -0.406 e. The molecule has 0 saturated carbocycles. The van der Waals surface area contributed by atoms with Gasteiger partial charge in [0.2, 0.25) is 5.82 Å². The second-order valence-electron chi connectivity index (χ2n) is 7.14. The zero-order chi connectivity index (χ0) is 20.2. The molecule has 5 nitrogen and oxygen atoms in total. The maximum Gasteiger partial charge on any atom is 0.573 e. The Morgan fingerprint density at radius 3 is 2.76 bits per heavy atom. The van der Waals surface area contributed by atoms with Gasteiger partial charge in [0.15, 0.2) is 0 Å². The van der Waals surface area contributed by atoms with Crippen molar-refractivity contribution in [2.75, 3.05) is 0 Å². The maximum absolute atomic E-state index is 12.4. The summed E-state index contributed by atoms with van der Waals surface area (Å²) >= 11 is 0. The van der Waals surface area contributed by atoms with Crippen molar-refractivity contribution in [3.8, 4) is 28.6 Å². The van der Waals surface area contributed by atoms with Crippen LogP contribution in [0.4, 0.5) is 13.2 Å². The second kappa shape index (κ2) is 6.37. The Bertz CT molecular complexity index is 1220. The van der Waals surface area contributed by atoms with Gasteiger partial charge >= 0.3 is 6.36 Å². The average Bonchev–Trinajstić information content (AvgIpc) is 3.36. The van der Waals surface area contributed by atoms with Crippen molar-refractivity contribution in [1.29, 1.82) is 0 Å². The summed E-state index contributed by atoms with van der Waals surface area (Å²) in [6, 6.07) is 9.99. The first-order valence-electron chi connectivity index (χ1n) is 9.22. The molecule has 2 heterocycles. The smallest absolute Gasteiger partial charge is 0.406 e. The highest BCUT2D eigenvalue weighted by atomic mass is 19.4. The SMILES string of the molecule is Cc1cc(OC(F)(F)F)ccc1-c1nc(-c2ccc3[nH]c4c(c3c2)CCC4)no1. The van der Waals surface area contributed by atoms with E-state index in [1.807, 2.05) is 12.1 Å². The number of benzene rings is 2. The first kappa shape index (κ1) is 17.8. The number of halogens is 3. The summed E-state index contributed by atoms with van der Waals surface area (Å²) in [6.07, 6.45) is -1.45. The molecule has 5 rings (SSSR count). The van der Waals surface area contributed by atoms with Gasteiger partial charge in [-0.1, -0.05) is 5.16 Å². The second-order valence-corrected chi connectivity index (χ2v) is 7.14. The molecule has 29 heavy (non-hydrogen) atoms. The Kier molecular flexibility index (Phi) is 3.90. The fourth-order valence-electron chi connectivity index (χ4n) is 3.91. The van der Waals surface area contributed by atoms with E-state index in [-0.39, 0.29) is 11.6 Å². The number of rotatable bonds is 3. The maximum atomic E-state index is 12.4. The summed E-state index contributed by atoms with van der Waals surface area (Å²) in [5, 5.41) is 5.24. The topological polar surface area (TPSA) is 63.9 Å². The summed E-state index contributed by atoms with van der Waals surface area (Å²) in [7, 11) is 0. The van der Waals surface area contributed by atoms with Crippen LogP contribution in [0.1, 0.15) is 23.2 Å². The number of alkyl halides is 3. The lowest BCUT2D eigenvalue weighted by atomic mass is 10.1. The third kappa shape index (κ3) is 3.24. The van der Waals surface area contributed by atoms with Crippen LogP contribution in [0, 0.1) is 6.92 Å². The largest absolute Gasteiger partial charge is 0.573 e. The van der Waals surface area contributed by atoms with Gasteiger partial charge in [-0.25, -0.2) is 0 Å². The van der Waals surface area contributed by atoms with Gasteiger partial charge in [0, 0.05) is 27.7 Å². The molecule has 0 bridgehead atoms. The van der Waals surface area contributed by atoms with Crippen LogP contribution < -0.4 is 4.74 Å². The quantitative estimate of drug-likeness (QED) is 0.488. The fraction of sp³-hybridized carbons (Fsp3) is 0.238. The number of H-pyrrole nitrogens is 1. The van der Waals surface area contributed by atoms with E-state index in [4.69, 9.17) is 4.52 Å². The molecule has 0 radical (unpaired) electrons. The number of hydrogen-bond acceptors (Lipinski definition) is 4. The molecule has 1 N–H and O–H groups in total. The van der Waals surface area contributed by atoms with Gasteiger partial charge in [0.05, 0.1) is 0 Å². The molecular weight excluding hydrogens is 383 g/mol. The van der Waals surface area contributed by atoms with Gasteiger partial charge in [0.25, 0.3) is 5.89 Å². The van der Waals surface area contributed by atoms with Crippen molar-refractivity contribution < 1.29 is 22.4 Å². The molecule has 0 aliphatic heterocycles. The summed E-state index contributed by atoms with van der Waals surface area (Å²) in [4.78, 5) is 7.91. The van der Waals surface area contributed by atoms with Crippen LogP contribution in [-0.2, 0) is 12.8 Å². The lowest BCUT2D eigenvalue weighted by Gasteiger charge is -2.10. The monoisotopic (exact) mass is 399 g/mol. The summed E-state index contributed by atoms with van der Waals surface area (Å²) in [5.41, 5.74) is 5.67. The Morgan fingerprint density at radius 2 is 1.97 bits per heavy atom. The molecule has 0 amide bonds. The Labute approximate surface area is 163 Å². The predicted molar refractivity (Wildman–Crippen MR) is 100 cm³/mol. The van der Waals surface area contributed by atoms with Crippen LogP contribution in [0.2, 0.25) is 0 Å². The minimum atomic E-state index is -4.73. The van der Waals surface area contributed by atoms with Gasteiger partial charge in [-0.15, -0.1) is 13.2 Å². The van der Waals surface area contributed by atoms with Crippen LogP contribution in [-0.4, -0.2) is 21.5 Å². The predicted octanol–water partition coefficient (Wildman–Crippen LogP) is 5.58. The van der Waals surface area contributed by atoms with E-state index in [2.05, 4.69) is 25.9 Å². The third-order valence-corrected chi connectivity index (χ3v) is 5.19. The highest BCUT2D eigenvalue weighted by Crippen LogP contribution is 2.34. The Hall–Kier alpha value is -3.29. The molecule has 4 aromatic rings. The third-order valence-electron chi connectivity index (χ3n) is 5.19. The van der Waals surface area contributed by atoms with Gasteiger partial charge < -0.3 is 14.2 Å².